The van der Waals surface area contributed by atoms with E-state index in [1.807, 2.05) is 35.2 Å². The lowest BCUT2D eigenvalue weighted by Gasteiger charge is -2.37. The van der Waals surface area contributed by atoms with E-state index in [1.165, 1.54) is 12.1 Å². The average Bonchev–Trinajstić information content (AvgIpc) is 2.80. The first-order valence-corrected chi connectivity index (χ1v) is 11.3. The Kier molecular flexibility index (Phi) is 5.60. The van der Waals surface area contributed by atoms with Crippen LogP contribution in [0.4, 0.5) is 24.7 Å². The van der Waals surface area contributed by atoms with E-state index in [0.717, 1.165) is 42.0 Å². The summed E-state index contributed by atoms with van der Waals surface area (Å²) < 4.78 is 39.3. The van der Waals surface area contributed by atoms with E-state index in [4.69, 9.17) is 4.98 Å². The molecule has 3 aromatic rings. The number of hydrogen-bond donors (Lipinski definition) is 1. The Hall–Kier alpha value is -3.29. The van der Waals surface area contributed by atoms with Gasteiger partial charge in [-0.25, -0.2) is 4.98 Å². The van der Waals surface area contributed by atoms with Crippen molar-refractivity contribution in [2.75, 3.05) is 36.0 Å². The predicted molar refractivity (Wildman–Crippen MR) is 123 cm³/mol. The average molecular weight is 454 g/mol. The number of nitrogens with zero attached hydrogens (tertiary/aromatic N) is 3. The highest BCUT2D eigenvalue weighted by Crippen LogP contribution is 2.32. The van der Waals surface area contributed by atoms with Crippen molar-refractivity contribution in [3.05, 3.63) is 65.7 Å². The number of alkyl halides is 3. The molecule has 1 aliphatic heterocycles. The summed E-state index contributed by atoms with van der Waals surface area (Å²) in [6.45, 7) is 2.34. The van der Waals surface area contributed by atoms with Crippen LogP contribution in [0.25, 0.3) is 10.9 Å². The van der Waals surface area contributed by atoms with Gasteiger partial charge in [-0.15, -0.1) is 0 Å². The molecule has 0 bridgehead atoms. The standard InChI is InChI=1S/C25H25F3N4O/c26-25(27,28)17-5-3-8-19(15-17)31-11-13-32(14-12-31)23-16-21(24(33)29-18-6-4-7-18)20-9-1-2-10-22(20)30-23/h1-3,5,8-10,15-16,18H,4,6-7,11-14H2,(H,29,33). The van der Waals surface area contributed by atoms with Gasteiger partial charge < -0.3 is 15.1 Å². The highest BCUT2D eigenvalue weighted by Gasteiger charge is 2.31. The maximum atomic E-state index is 13.1. The van der Waals surface area contributed by atoms with Gasteiger partial charge in [-0.1, -0.05) is 24.3 Å². The molecule has 1 amide bonds. The Morgan fingerprint density at radius 2 is 1.67 bits per heavy atom. The van der Waals surface area contributed by atoms with Crippen LogP contribution >= 0.6 is 0 Å². The molecule has 5 nitrogen and oxygen atoms in total. The molecule has 8 heteroatoms. The van der Waals surface area contributed by atoms with Gasteiger partial charge in [0.25, 0.3) is 5.91 Å². The van der Waals surface area contributed by atoms with E-state index in [1.54, 1.807) is 6.07 Å². The van der Waals surface area contributed by atoms with Crippen LogP contribution in [-0.2, 0) is 6.18 Å². The minimum Gasteiger partial charge on any atom is -0.368 e. The van der Waals surface area contributed by atoms with Crippen LogP contribution in [-0.4, -0.2) is 43.1 Å². The SMILES string of the molecule is O=C(NC1CCC1)c1cc(N2CCN(c3cccc(C(F)(F)F)c3)CC2)nc2ccccc12. The molecule has 0 unspecified atom stereocenters. The second-order valence-corrected chi connectivity index (χ2v) is 8.67. The molecule has 1 saturated carbocycles. The summed E-state index contributed by atoms with van der Waals surface area (Å²) in [5.74, 6) is 0.637. The molecule has 0 atom stereocenters. The summed E-state index contributed by atoms with van der Waals surface area (Å²) in [5.41, 5.74) is 1.30. The normalized spacial score (nSPS) is 17.2. The summed E-state index contributed by atoms with van der Waals surface area (Å²) in [7, 11) is 0. The number of para-hydroxylation sites is 1. The summed E-state index contributed by atoms with van der Waals surface area (Å²) in [6.07, 6.45) is -1.19. The highest BCUT2D eigenvalue weighted by molar-refractivity contribution is 6.07. The molecule has 2 aliphatic rings. The van der Waals surface area contributed by atoms with Crippen molar-refractivity contribution >= 4 is 28.3 Å². The molecular weight excluding hydrogens is 429 g/mol. The Balaban J connectivity index is 1.36. The van der Waals surface area contributed by atoms with Crippen molar-refractivity contribution in [2.45, 2.75) is 31.5 Å². The van der Waals surface area contributed by atoms with E-state index < -0.39 is 11.7 Å². The number of rotatable bonds is 4. The third kappa shape index (κ3) is 4.47. The lowest BCUT2D eigenvalue weighted by atomic mass is 9.93. The van der Waals surface area contributed by atoms with Gasteiger partial charge in [-0.05, 0) is 49.6 Å². The number of hydrogen-bond acceptors (Lipinski definition) is 4. The quantitative estimate of drug-likeness (QED) is 0.612. The molecule has 1 aromatic heterocycles. The molecule has 1 aliphatic carbocycles. The minimum absolute atomic E-state index is 0.0813. The van der Waals surface area contributed by atoms with Crippen LogP contribution in [0, 0.1) is 0 Å². The number of halogens is 3. The monoisotopic (exact) mass is 454 g/mol. The molecule has 2 heterocycles. The van der Waals surface area contributed by atoms with Gasteiger partial charge in [0, 0.05) is 43.3 Å². The molecule has 0 radical (unpaired) electrons. The van der Waals surface area contributed by atoms with E-state index in [2.05, 4.69) is 10.2 Å². The predicted octanol–water partition coefficient (Wildman–Crippen LogP) is 4.86. The zero-order valence-corrected chi connectivity index (χ0v) is 18.1. The summed E-state index contributed by atoms with van der Waals surface area (Å²) in [5, 5.41) is 3.94. The van der Waals surface area contributed by atoms with Crippen molar-refractivity contribution in [3.8, 4) is 0 Å². The Labute approximate surface area is 190 Å². The molecule has 1 saturated heterocycles. The highest BCUT2D eigenvalue weighted by atomic mass is 19.4. The fourth-order valence-corrected chi connectivity index (χ4v) is 4.40. The third-order valence-corrected chi connectivity index (χ3v) is 6.53. The molecule has 1 N–H and O–H groups in total. The number of carbonyl (C=O) groups is 1. The van der Waals surface area contributed by atoms with Crippen LogP contribution in [0.2, 0.25) is 0 Å². The number of amides is 1. The zero-order valence-electron chi connectivity index (χ0n) is 18.1. The fraction of sp³-hybridized carbons (Fsp3) is 0.360. The van der Waals surface area contributed by atoms with Gasteiger partial charge >= 0.3 is 6.18 Å². The van der Waals surface area contributed by atoms with Crippen LogP contribution in [0.15, 0.2) is 54.6 Å². The summed E-state index contributed by atoms with van der Waals surface area (Å²) in [6, 6.07) is 15.1. The van der Waals surface area contributed by atoms with Gasteiger partial charge in [-0.2, -0.15) is 13.2 Å². The molecule has 2 aromatic carbocycles. The number of anilines is 2. The van der Waals surface area contributed by atoms with Gasteiger partial charge in [0.05, 0.1) is 16.6 Å². The molecule has 5 rings (SSSR count). The maximum Gasteiger partial charge on any atom is 0.416 e. The van der Waals surface area contributed by atoms with E-state index in [9.17, 15) is 18.0 Å². The Morgan fingerprint density at radius 3 is 2.36 bits per heavy atom. The lowest BCUT2D eigenvalue weighted by Crippen LogP contribution is -2.47. The first kappa shape index (κ1) is 21.6. The van der Waals surface area contributed by atoms with Crippen molar-refractivity contribution in [2.24, 2.45) is 0 Å². The molecule has 2 fully saturated rings. The van der Waals surface area contributed by atoms with Crippen molar-refractivity contribution in [1.82, 2.24) is 10.3 Å². The fourth-order valence-electron chi connectivity index (χ4n) is 4.40. The van der Waals surface area contributed by atoms with Crippen molar-refractivity contribution < 1.29 is 18.0 Å². The van der Waals surface area contributed by atoms with Gasteiger partial charge in [-0.3, -0.25) is 4.79 Å². The van der Waals surface area contributed by atoms with E-state index in [-0.39, 0.29) is 11.9 Å². The zero-order chi connectivity index (χ0) is 23.0. The van der Waals surface area contributed by atoms with Crippen LogP contribution in [0.3, 0.4) is 0 Å². The molecule has 0 spiro atoms. The van der Waals surface area contributed by atoms with Crippen molar-refractivity contribution in [3.63, 3.8) is 0 Å². The van der Waals surface area contributed by atoms with Crippen LogP contribution in [0.5, 0.6) is 0 Å². The Bertz CT molecular complexity index is 1170. The summed E-state index contributed by atoms with van der Waals surface area (Å²) in [4.78, 5) is 21.8. The van der Waals surface area contributed by atoms with Crippen LogP contribution < -0.4 is 15.1 Å². The molecule has 172 valence electrons. The minimum atomic E-state index is -4.36. The molecular formula is C25H25F3N4O. The van der Waals surface area contributed by atoms with Gasteiger partial charge in [0.2, 0.25) is 0 Å². The number of piperazine rings is 1. The van der Waals surface area contributed by atoms with Crippen molar-refractivity contribution in [1.29, 1.82) is 0 Å². The molecule has 33 heavy (non-hydrogen) atoms. The van der Waals surface area contributed by atoms with Gasteiger partial charge in [0.15, 0.2) is 0 Å². The number of fused-ring (bicyclic) bond motifs is 1. The number of nitrogens with one attached hydrogen (secondary N) is 1. The number of benzene rings is 2. The smallest absolute Gasteiger partial charge is 0.368 e. The first-order chi connectivity index (χ1) is 15.9. The largest absolute Gasteiger partial charge is 0.416 e. The summed E-state index contributed by atoms with van der Waals surface area (Å²) >= 11 is 0. The second kappa shape index (κ2) is 8.57. The number of pyridine rings is 1. The van der Waals surface area contributed by atoms with Crippen LogP contribution in [0.1, 0.15) is 35.2 Å². The first-order valence-electron chi connectivity index (χ1n) is 11.3. The third-order valence-electron chi connectivity index (χ3n) is 6.53. The lowest BCUT2D eigenvalue weighted by molar-refractivity contribution is -0.137. The maximum absolute atomic E-state index is 13.1. The topological polar surface area (TPSA) is 48.5 Å². The Morgan fingerprint density at radius 1 is 0.939 bits per heavy atom. The number of aromatic nitrogens is 1. The van der Waals surface area contributed by atoms with E-state index >= 15 is 0 Å². The van der Waals surface area contributed by atoms with E-state index in [0.29, 0.717) is 37.4 Å². The second-order valence-electron chi connectivity index (χ2n) is 8.67. The van der Waals surface area contributed by atoms with Gasteiger partial charge in [0.1, 0.15) is 5.82 Å². The number of carbonyl (C=O) groups excluding carboxylic acids is 1.